The molecule has 0 fully saturated rings. The highest BCUT2D eigenvalue weighted by atomic mass is 15.1. The van der Waals surface area contributed by atoms with Crippen molar-refractivity contribution in [3.63, 3.8) is 0 Å². The monoisotopic (exact) mass is 201 g/mol. The summed E-state index contributed by atoms with van der Waals surface area (Å²) in [6.45, 7) is 2.12. The molecule has 0 atom stereocenters. The Morgan fingerprint density at radius 3 is 2.47 bits per heavy atom. The van der Waals surface area contributed by atoms with Crippen molar-refractivity contribution in [1.29, 1.82) is 0 Å². The number of fused-ring (bicyclic) bond motifs is 1. The van der Waals surface area contributed by atoms with Crippen LogP contribution in [0.4, 0.5) is 5.69 Å². The average molecular weight is 201 g/mol. The number of anilines is 1. The van der Waals surface area contributed by atoms with Gasteiger partial charge in [0.25, 0.3) is 0 Å². The van der Waals surface area contributed by atoms with Gasteiger partial charge in [0.15, 0.2) is 5.69 Å². The molecular formula is C13H17N2+. The molecule has 1 aromatic carbocycles. The van der Waals surface area contributed by atoms with E-state index >= 15 is 0 Å². The van der Waals surface area contributed by atoms with Gasteiger partial charge in [0.1, 0.15) is 7.05 Å². The zero-order chi connectivity index (χ0) is 11.0. The number of pyridine rings is 1. The van der Waals surface area contributed by atoms with Crippen molar-refractivity contribution < 1.29 is 4.57 Å². The summed E-state index contributed by atoms with van der Waals surface area (Å²) in [6, 6.07) is 10.9. The second-order valence-electron chi connectivity index (χ2n) is 4.17. The first-order valence-electron chi connectivity index (χ1n) is 5.16. The van der Waals surface area contributed by atoms with Crippen LogP contribution in [0.25, 0.3) is 10.9 Å². The van der Waals surface area contributed by atoms with Gasteiger partial charge in [-0.1, -0.05) is 0 Å². The molecule has 0 spiro atoms. The van der Waals surface area contributed by atoms with Gasteiger partial charge in [-0.15, -0.1) is 0 Å². The summed E-state index contributed by atoms with van der Waals surface area (Å²) in [6.07, 6.45) is 0. The van der Waals surface area contributed by atoms with Crippen molar-refractivity contribution in [3.05, 3.63) is 36.0 Å². The van der Waals surface area contributed by atoms with Gasteiger partial charge in [0, 0.05) is 44.2 Å². The fourth-order valence-corrected chi connectivity index (χ4v) is 1.77. The lowest BCUT2D eigenvalue weighted by atomic mass is 10.1. The molecule has 0 bridgehead atoms. The summed E-state index contributed by atoms with van der Waals surface area (Å²) in [5, 5.41) is 1.29. The van der Waals surface area contributed by atoms with Crippen LogP contribution in [0.5, 0.6) is 0 Å². The van der Waals surface area contributed by atoms with Gasteiger partial charge in [0.05, 0.1) is 0 Å². The fraction of sp³-hybridized carbons (Fsp3) is 0.308. The van der Waals surface area contributed by atoms with Crippen LogP contribution in [0, 0.1) is 6.92 Å². The predicted octanol–water partition coefficient (Wildman–Crippen LogP) is 2.04. The lowest BCUT2D eigenvalue weighted by molar-refractivity contribution is -0.651. The van der Waals surface area contributed by atoms with Gasteiger partial charge in [-0.05, 0) is 18.2 Å². The Balaban J connectivity index is 2.70. The van der Waals surface area contributed by atoms with Crippen molar-refractivity contribution in [2.75, 3.05) is 19.0 Å². The van der Waals surface area contributed by atoms with Crippen LogP contribution >= 0.6 is 0 Å². The largest absolute Gasteiger partial charge is 0.378 e. The van der Waals surface area contributed by atoms with Crippen LogP contribution < -0.4 is 9.47 Å². The van der Waals surface area contributed by atoms with Gasteiger partial charge >= 0.3 is 0 Å². The minimum atomic E-state index is 1.24. The third-order valence-corrected chi connectivity index (χ3v) is 2.92. The number of aryl methyl sites for hydroxylation is 2. The molecule has 0 aliphatic heterocycles. The molecule has 15 heavy (non-hydrogen) atoms. The maximum Gasteiger partial charge on any atom is 0.212 e. The molecule has 0 saturated heterocycles. The Hall–Kier alpha value is -1.57. The summed E-state index contributed by atoms with van der Waals surface area (Å²) in [5.41, 5.74) is 3.80. The Bertz CT molecular complexity index is 501. The van der Waals surface area contributed by atoms with E-state index in [0.29, 0.717) is 0 Å². The molecule has 0 radical (unpaired) electrons. The number of benzene rings is 1. The molecule has 2 heteroatoms. The molecular weight excluding hydrogens is 184 g/mol. The van der Waals surface area contributed by atoms with Crippen LogP contribution in [0.15, 0.2) is 30.3 Å². The molecule has 2 aromatic rings. The molecule has 0 unspecified atom stereocenters. The lowest BCUT2D eigenvalue weighted by Gasteiger charge is -2.12. The van der Waals surface area contributed by atoms with Gasteiger partial charge in [-0.3, -0.25) is 0 Å². The summed E-state index contributed by atoms with van der Waals surface area (Å²) >= 11 is 0. The number of rotatable bonds is 1. The molecule has 78 valence electrons. The van der Waals surface area contributed by atoms with Crippen molar-refractivity contribution in [2.45, 2.75) is 6.92 Å². The van der Waals surface area contributed by atoms with E-state index in [0.717, 1.165) is 0 Å². The maximum atomic E-state index is 2.22. The molecule has 2 nitrogen and oxygen atoms in total. The smallest absolute Gasteiger partial charge is 0.212 e. The van der Waals surface area contributed by atoms with E-state index in [-0.39, 0.29) is 0 Å². The maximum absolute atomic E-state index is 2.22. The van der Waals surface area contributed by atoms with Crippen molar-refractivity contribution >= 4 is 16.6 Å². The summed E-state index contributed by atoms with van der Waals surface area (Å²) in [5.74, 6) is 0. The topological polar surface area (TPSA) is 7.12 Å². The van der Waals surface area contributed by atoms with E-state index in [2.05, 4.69) is 67.9 Å². The average Bonchev–Trinajstić information content (AvgIpc) is 2.23. The van der Waals surface area contributed by atoms with Gasteiger partial charge < -0.3 is 4.90 Å². The molecule has 1 aromatic heterocycles. The quantitative estimate of drug-likeness (QED) is 0.640. The lowest BCUT2D eigenvalue weighted by Crippen LogP contribution is -2.32. The van der Waals surface area contributed by atoms with Crippen LogP contribution in [0.3, 0.4) is 0 Å². The Morgan fingerprint density at radius 1 is 1.07 bits per heavy atom. The normalized spacial score (nSPS) is 10.7. The second-order valence-corrected chi connectivity index (χ2v) is 4.17. The standard InChI is InChI=1S/C13H17N2/c1-10-5-6-11-9-12(14(2)3)7-8-13(11)15(10)4/h5-9H,1-4H3/q+1. The second kappa shape index (κ2) is 3.54. The third kappa shape index (κ3) is 1.67. The minimum absolute atomic E-state index is 1.24. The van der Waals surface area contributed by atoms with E-state index in [1.54, 1.807) is 0 Å². The van der Waals surface area contributed by atoms with Gasteiger partial charge in [-0.25, -0.2) is 0 Å². The summed E-state index contributed by atoms with van der Waals surface area (Å²) < 4.78 is 2.22. The molecule has 0 saturated carbocycles. The van der Waals surface area contributed by atoms with E-state index in [9.17, 15) is 0 Å². The Labute approximate surface area is 90.8 Å². The van der Waals surface area contributed by atoms with Crippen LogP contribution in [0.1, 0.15) is 5.69 Å². The van der Waals surface area contributed by atoms with Crippen molar-refractivity contribution in [2.24, 2.45) is 7.05 Å². The zero-order valence-corrected chi connectivity index (χ0v) is 9.78. The zero-order valence-electron chi connectivity index (χ0n) is 9.78. The molecule has 2 rings (SSSR count). The summed E-state index contributed by atoms with van der Waals surface area (Å²) in [7, 11) is 6.23. The van der Waals surface area contributed by atoms with Crippen molar-refractivity contribution in [3.8, 4) is 0 Å². The van der Waals surface area contributed by atoms with Gasteiger partial charge in [-0.2, -0.15) is 4.57 Å². The van der Waals surface area contributed by atoms with E-state index in [1.165, 1.54) is 22.3 Å². The van der Waals surface area contributed by atoms with Crippen LogP contribution in [-0.4, -0.2) is 14.1 Å². The first-order chi connectivity index (χ1) is 7.09. The number of hydrogen-bond donors (Lipinski definition) is 0. The first kappa shape index (κ1) is 9.97. The van der Waals surface area contributed by atoms with Crippen LogP contribution in [0.2, 0.25) is 0 Å². The highest BCUT2D eigenvalue weighted by Gasteiger charge is 2.08. The SMILES string of the molecule is Cc1ccc2cc(N(C)C)ccc2[n+]1C. The van der Waals surface area contributed by atoms with E-state index < -0.39 is 0 Å². The Kier molecular flexibility index (Phi) is 2.35. The number of hydrogen-bond acceptors (Lipinski definition) is 1. The van der Waals surface area contributed by atoms with E-state index in [1.807, 2.05) is 0 Å². The predicted molar refractivity (Wildman–Crippen MR) is 64.2 cm³/mol. The van der Waals surface area contributed by atoms with Crippen LogP contribution in [-0.2, 0) is 7.05 Å². The molecule has 0 aliphatic rings. The van der Waals surface area contributed by atoms with Crippen molar-refractivity contribution in [1.82, 2.24) is 0 Å². The van der Waals surface area contributed by atoms with E-state index in [4.69, 9.17) is 0 Å². The molecule has 0 aliphatic carbocycles. The minimum Gasteiger partial charge on any atom is -0.378 e. The number of aromatic nitrogens is 1. The van der Waals surface area contributed by atoms with Gasteiger partial charge in [0.2, 0.25) is 5.52 Å². The summed E-state index contributed by atoms with van der Waals surface area (Å²) in [4.78, 5) is 2.12. The fourth-order valence-electron chi connectivity index (χ4n) is 1.77. The highest BCUT2D eigenvalue weighted by Crippen LogP contribution is 2.18. The molecule has 0 N–H and O–H groups in total. The Morgan fingerprint density at radius 2 is 1.80 bits per heavy atom. The number of nitrogens with zero attached hydrogens (tertiary/aromatic N) is 2. The molecule has 1 heterocycles. The third-order valence-electron chi connectivity index (χ3n) is 2.92. The highest BCUT2D eigenvalue weighted by molar-refractivity contribution is 5.80. The first-order valence-corrected chi connectivity index (χ1v) is 5.16. The molecule has 0 amide bonds.